The zero-order valence-corrected chi connectivity index (χ0v) is 17.7. The molecule has 0 bridgehead atoms. The molecular formula is C24H24ClNO4. The molecular weight excluding hydrogens is 402 g/mol. The normalized spacial score (nSPS) is 10.4. The minimum absolute atomic E-state index is 0.298. The number of amides is 1. The van der Waals surface area contributed by atoms with Crippen LogP contribution in [0.1, 0.15) is 29.8 Å². The fourth-order valence-corrected chi connectivity index (χ4v) is 3.10. The van der Waals surface area contributed by atoms with E-state index in [1.807, 2.05) is 44.2 Å². The van der Waals surface area contributed by atoms with Gasteiger partial charge in [-0.3, -0.25) is 4.79 Å². The van der Waals surface area contributed by atoms with E-state index in [4.69, 9.17) is 25.8 Å². The molecule has 0 spiro atoms. The molecule has 0 unspecified atom stereocenters. The second-order valence-corrected chi connectivity index (χ2v) is 6.81. The molecule has 3 aromatic rings. The summed E-state index contributed by atoms with van der Waals surface area (Å²) in [6.45, 7) is 5.13. The Morgan fingerprint density at radius 1 is 0.900 bits per heavy atom. The number of carbonyl (C=O) groups is 1. The molecule has 0 saturated heterocycles. The van der Waals surface area contributed by atoms with E-state index >= 15 is 0 Å². The second kappa shape index (κ2) is 10.6. The Kier molecular flexibility index (Phi) is 7.57. The van der Waals surface area contributed by atoms with Crippen molar-refractivity contribution in [1.29, 1.82) is 0 Å². The summed E-state index contributed by atoms with van der Waals surface area (Å²) < 4.78 is 17.0. The highest BCUT2D eigenvalue weighted by Crippen LogP contribution is 2.37. The Bertz CT molecular complexity index is 975. The van der Waals surface area contributed by atoms with E-state index in [1.54, 1.807) is 36.4 Å². The van der Waals surface area contributed by atoms with Crippen LogP contribution in [0.25, 0.3) is 0 Å². The first-order valence-electron chi connectivity index (χ1n) is 9.78. The van der Waals surface area contributed by atoms with Crippen molar-refractivity contribution in [3.05, 3.63) is 82.9 Å². The number of carbonyl (C=O) groups excluding carboxylic acids is 1. The van der Waals surface area contributed by atoms with Gasteiger partial charge in [-0.25, -0.2) is 0 Å². The fraction of sp³-hybridized carbons (Fsp3) is 0.208. The fourth-order valence-electron chi connectivity index (χ4n) is 2.83. The smallest absolute Gasteiger partial charge is 0.255 e. The number of rotatable bonds is 9. The van der Waals surface area contributed by atoms with Gasteiger partial charge in [0.05, 0.1) is 18.2 Å². The number of benzene rings is 3. The maximum Gasteiger partial charge on any atom is 0.255 e. The van der Waals surface area contributed by atoms with Gasteiger partial charge in [0.15, 0.2) is 11.5 Å². The number of ether oxygens (including phenoxy) is 3. The number of halogens is 1. The summed E-state index contributed by atoms with van der Waals surface area (Å²) in [5, 5.41) is 3.18. The molecule has 1 N–H and O–H groups in total. The van der Waals surface area contributed by atoms with Crippen molar-refractivity contribution in [1.82, 2.24) is 0 Å². The van der Waals surface area contributed by atoms with Gasteiger partial charge in [-0.05, 0) is 55.8 Å². The summed E-state index contributed by atoms with van der Waals surface area (Å²) in [5.41, 5.74) is 2.03. The van der Waals surface area contributed by atoms with Crippen molar-refractivity contribution >= 4 is 23.2 Å². The molecule has 0 aromatic heterocycles. The molecule has 0 heterocycles. The van der Waals surface area contributed by atoms with E-state index in [-0.39, 0.29) is 5.91 Å². The maximum absolute atomic E-state index is 12.8. The lowest BCUT2D eigenvalue weighted by atomic mass is 10.1. The highest BCUT2D eigenvalue weighted by Gasteiger charge is 2.17. The van der Waals surface area contributed by atoms with E-state index in [0.29, 0.717) is 47.6 Å². The topological polar surface area (TPSA) is 56.8 Å². The SMILES string of the molecule is CCOc1ccc(NC(=O)c2cc(Cl)c(OCC)c(OCc3ccccc3)c2)cc1. The van der Waals surface area contributed by atoms with E-state index in [0.717, 1.165) is 11.3 Å². The predicted octanol–water partition coefficient (Wildman–Crippen LogP) is 5.97. The van der Waals surface area contributed by atoms with E-state index in [2.05, 4.69) is 5.32 Å². The van der Waals surface area contributed by atoms with Gasteiger partial charge in [-0.2, -0.15) is 0 Å². The van der Waals surface area contributed by atoms with Crippen molar-refractivity contribution in [3.63, 3.8) is 0 Å². The molecule has 3 rings (SSSR count). The van der Waals surface area contributed by atoms with Crippen LogP contribution in [0.4, 0.5) is 5.69 Å². The molecule has 156 valence electrons. The molecule has 0 fully saturated rings. The Balaban J connectivity index is 1.79. The minimum atomic E-state index is -0.298. The Hall–Kier alpha value is -3.18. The maximum atomic E-state index is 12.8. The van der Waals surface area contributed by atoms with Gasteiger partial charge in [0, 0.05) is 11.3 Å². The molecule has 0 aliphatic rings. The van der Waals surface area contributed by atoms with Crippen molar-refractivity contribution < 1.29 is 19.0 Å². The third-order valence-electron chi connectivity index (χ3n) is 4.22. The number of hydrogen-bond acceptors (Lipinski definition) is 4. The average molecular weight is 426 g/mol. The quantitative estimate of drug-likeness (QED) is 0.459. The number of anilines is 1. The zero-order valence-electron chi connectivity index (χ0n) is 17.0. The lowest BCUT2D eigenvalue weighted by Crippen LogP contribution is -2.12. The summed E-state index contributed by atoms with van der Waals surface area (Å²) in [7, 11) is 0. The van der Waals surface area contributed by atoms with Crippen molar-refractivity contribution in [2.75, 3.05) is 18.5 Å². The first kappa shape index (κ1) is 21.5. The van der Waals surface area contributed by atoms with E-state index in [1.165, 1.54) is 0 Å². The van der Waals surface area contributed by atoms with Gasteiger partial charge in [-0.1, -0.05) is 41.9 Å². The van der Waals surface area contributed by atoms with Crippen molar-refractivity contribution in [2.24, 2.45) is 0 Å². The molecule has 3 aromatic carbocycles. The summed E-state index contributed by atoms with van der Waals surface area (Å²) in [5.74, 6) is 1.29. The summed E-state index contributed by atoms with van der Waals surface area (Å²) in [6, 6.07) is 20.1. The van der Waals surface area contributed by atoms with Crippen LogP contribution < -0.4 is 19.5 Å². The highest BCUT2D eigenvalue weighted by atomic mass is 35.5. The standard InChI is InChI=1S/C24H24ClNO4/c1-3-28-20-12-10-19(11-13-20)26-24(27)18-14-21(25)23(29-4-2)22(15-18)30-16-17-8-6-5-7-9-17/h5-15H,3-4,16H2,1-2H3,(H,26,27). The van der Waals surface area contributed by atoms with Crippen LogP contribution in [0, 0.1) is 0 Å². The molecule has 0 saturated carbocycles. The van der Waals surface area contributed by atoms with Gasteiger partial charge < -0.3 is 19.5 Å². The van der Waals surface area contributed by atoms with Crippen LogP contribution >= 0.6 is 11.6 Å². The molecule has 30 heavy (non-hydrogen) atoms. The Morgan fingerprint density at radius 2 is 1.60 bits per heavy atom. The molecule has 0 aliphatic carbocycles. The minimum Gasteiger partial charge on any atom is -0.494 e. The van der Waals surface area contributed by atoms with Gasteiger partial charge in [0.1, 0.15) is 12.4 Å². The molecule has 5 nitrogen and oxygen atoms in total. The van der Waals surface area contributed by atoms with Crippen LogP contribution in [0.2, 0.25) is 5.02 Å². The third kappa shape index (κ3) is 5.67. The molecule has 6 heteroatoms. The molecule has 0 radical (unpaired) electrons. The Morgan fingerprint density at radius 3 is 2.27 bits per heavy atom. The van der Waals surface area contributed by atoms with Crippen LogP contribution in [0.5, 0.6) is 17.2 Å². The van der Waals surface area contributed by atoms with Crippen LogP contribution in [0.3, 0.4) is 0 Å². The lowest BCUT2D eigenvalue weighted by molar-refractivity contribution is 0.102. The van der Waals surface area contributed by atoms with Crippen LogP contribution in [0.15, 0.2) is 66.7 Å². The Labute approximate surface area is 181 Å². The zero-order chi connectivity index (χ0) is 21.3. The number of hydrogen-bond donors (Lipinski definition) is 1. The lowest BCUT2D eigenvalue weighted by Gasteiger charge is -2.15. The van der Waals surface area contributed by atoms with Crippen LogP contribution in [-0.4, -0.2) is 19.1 Å². The predicted molar refractivity (Wildman–Crippen MR) is 119 cm³/mol. The second-order valence-electron chi connectivity index (χ2n) is 6.40. The third-order valence-corrected chi connectivity index (χ3v) is 4.50. The summed E-state index contributed by atoms with van der Waals surface area (Å²) in [4.78, 5) is 12.8. The van der Waals surface area contributed by atoms with Gasteiger partial charge in [0.25, 0.3) is 5.91 Å². The molecule has 1 amide bonds. The van der Waals surface area contributed by atoms with Crippen molar-refractivity contribution in [2.45, 2.75) is 20.5 Å². The van der Waals surface area contributed by atoms with Crippen molar-refractivity contribution in [3.8, 4) is 17.2 Å². The average Bonchev–Trinajstić information content (AvgIpc) is 2.76. The first-order valence-corrected chi connectivity index (χ1v) is 10.2. The number of nitrogens with one attached hydrogen (secondary N) is 1. The molecule has 0 aliphatic heterocycles. The summed E-state index contributed by atoms with van der Waals surface area (Å²) in [6.07, 6.45) is 0. The van der Waals surface area contributed by atoms with E-state index in [9.17, 15) is 4.79 Å². The monoisotopic (exact) mass is 425 g/mol. The van der Waals surface area contributed by atoms with Gasteiger partial charge in [0.2, 0.25) is 0 Å². The molecule has 0 atom stereocenters. The van der Waals surface area contributed by atoms with E-state index < -0.39 is 0 Å². The largest absolute Gasteiger partial charge is 0.494 e. The van der Waals surface area contributed by atoms with Gasteiger partial charge >= 0.3 is 0 Å². The van der Waals surface area contributed by atoms with Crippen LogP contribution in [-0.2, 0) is 6.61 Å². The first-order chi connectivity index (χ1) is 14.6. The summed E-state index contributed by atoms with van der Waals surface area (Å²) >= 11 is 6.40. The van der Waals surface area contributed by atoms with Gasteiger partial charge in [-0.15, -0.1) is 0 Å². The highest BCUT2D eigenvalue weighted by molar-refractivity contribution is 6.32.